The zero-order valence-electron chi connectivity index (χ0n) is 18.2. The minimum Gasteiger partial charge on any atom is -0.508 e. The van der Waals surface area contributed by atoms with Crippen molar-refractivity contribution >= 4 is 32.3 Å². The summed E-state index contributed by atoms with van der Waals surface area (Å²) in [4.78, 5) is 13.6. The SMILES string of the molecule is COc1nc(-c2ccc(O)cc2O)nc(-c2cc3c4ccccc4ccc3c3ccccc23)n1. The van der Waals surface area contributed by atoms with Gasteiger partial charge >= 0.3 is 6.01 Å². The van der Waals surface area contributed by atoms with Crippen LogP contribution in [0, 0.1) is 0 Å². The van der Waals surface area contributed by atoms with Crippen LogP contribution >= 0.6 is 0 Å². The third-order valence-electron chi connectivity index (χ3n) is 6.03. The summed E-state index contributed by atoms with van der Waals surface area (Å²) in [6.45, 7) is 0. The van der Waals surface area contributed by atoms with E-state index in [4.69, 9.17) is 9.72 Å². The second kappa shape index (κ2) is 7.71. The van der Waals surface area contributed by atoms with Gasteiger partial charge in [-0.25, -0.2) is 4.98 Å². The number of phenols is 2. The van der Waals surface area contributed by atoms with E-state index in [-0.39, 0.29) is 23.3 Å². The molecule has 0 fully saturated rings. The van der Waals surface area contributed by atoms with E-state index in [1.54, 1.807) is 6.07 Å². The van der Waals surface area contributed by atoms with Crippen LogP contribution in [0.5, 0.6) is 17.5 Å². The predicted molar refractivity (Wildman–Crippen MR) is 133 cm³/mol. The summed E-state index contributed by atoms with van der Waals surface area (Å²) in [6, 6.07) is 27.3. The number of phenolic OH excluding ortho intramolecular Hbond substituents is 2. The van der Waals surface area contributed by atoms with Gasteiger partial charge in [0.05, 0.1) is 12.7 Å². The van der Waals surface area contributed by atoms with Gasteiger partial charge in [-0.15, -0.1) is 0 Å². The van der Waals surface area contributed by atoms with Crippen LogP contribution in [-0.4, -0.2) is 32.3 Å². The second-order valence-electron chi connectivity index (χ2n) is 8.02. The molecule has 5 aromatic carbocycles. The van der Waals surface area contributed by atoms with Gasteiger partial charge in [0.1, 0.15) is 11.5 Å². The fraction of sp³-hybridized carbons (Fsp3) is 0.0357. The molecule has 0 aliphatic rings. The van der Waals surface area contributed by atoms with Crippen molar-refractivity contribution in [1.82, 2.24) is 15.0 Å². The fourth-order valence-corrected chi connectivity index (χ4v) is 4.44. The summed E-state index contributed by atoms with van der Waals surface area (Å²) in [7, 11) is 1.49. The quantitative estimate of drug-likeness (QED) is 0.321. The molecule has 0 aliphatic carbocycles. The summed E-state index contributed by atoms with van der Waals surface area (Å²) < 4.78 is 5.38. The lowest BCUT2D eigenvalue weighted by Gasteiger charge is -2.13. The smallest absolute Gasteiger partial charge is 0.320 e. The minimum atomic E-state index is -0.131. The number of nitrogens with zero attached hydrogens (tertiary/aromatic N) is 3. The lowest BCUT2D eigenvalue weighted by atomic mass is 9.93. The van der Waals surface area contributed by atoms with E-state index in [1.165, 1.54) is 19.2 Å². The Labute approximate surface area is 194 Å². The van der Waals surface area contributed by atoms with Crippen LogP contribution in [0.2, 0.25) is 0 Å². The Bertz CT molecular complexity index is 1730. The standard InChI is InChI=1S/C28H19N3O3/c1-34-28-30-26(22-13-11-17(32)14-25(22)33)29-27(31-28)24-15-23-18-7-3-2-6-16(18)10-12-21(23)19-8-4-5-9-20(19)24/h2-15,32-33H,1H3. The molecule has 1 aromatic heterocycles. The molecule has 0 amide bonds. The number of hydrogen-bond acceptors (Lipinski definition) is 6. The maximum Gasteiger partial charge on any atom is 0.320 e. The van der Waals surface area contributed by atoms with Crippen LogP contribution in [0.25, 0.3) is 55.1 Å². The van der Waals surface area contributed by atoms with Crippen LogP contribution in [0.4, 0.5) is 0 Å². The summed E-state index contributed by atoms with van der Waals surface area (Å²) in [6.07, 6.45) is 0. The first-order valence-corrected chi connectivity index (χ1v) is 10.8. The van der Waals surface area contributed by atoms with Crippen molar-refractivity contribution in [3.8, 4) is 40.3 Å². The van der Waals surface area contributed by atoms with Gasteiger partial charge in [0.25, 0.3) is 0 Å². The van der Waals surface area contributed by atoms with Gasteiger partial charge in [0, 0.05) is 11.6 Å². The van der Waals surface area contributed by atoms with Crippen molar-refractivity contribution < 1.29 is 14.9 Å². The summed E-state index contributed by atoms with van der Waals surface area (Å²) >= 11 is 0. The molecule has 0 atom stereocenters. The van der Waals surface area contributed by atoms with Crippen molar-refractivity contribution in [2.75, 3.05) is 7.11 Å². The Morgan fingerprint density at radius 3 is 2.03 bits per heavy atom. The van der Waals surface area contributed by atoms with Gasteiger partial charge in [0.15, 0.2) is 11.6 Å². The Morgan fingerprint density at radius 1 is 0.588 bits per heavy atom. The Morgan fingerprint density at radius 2 is 1.26 bits per heavy atom. The summed E-state index contributed by atoms with van der Waals surface area (Å²) in [5.41, 5.74) is 1.20. The Hall–Kier alpha value is -4.71. The van der Waals surface area contributed by atoms with Gasteiger partial charge in [-0.2, -0.15) is 9.97 Å². The lowest BCUT2D eigenvalue weighted by molar-refractivity contribution is 0.379. The highest BCUT2D eigenvalue weighted by molar-refractivity contribution is 6.20. The molecule has 2 N–H and O–H groups in total. The molecule has 0 saturated heterocycles. The first-order chi connectivity index (χ1) is 16.6. The molecule has 6 heteroatoms. The van der Waals surface area contributed by atoms with Gasteiger partial charge in [0.2, 0.25) is 0 Å². The van der Waals surface area contributed by atoms with E-state index in [1.807, 2.05) is 30.3 Å². The van der Waals surface area contributed by atoms with E-state index in [9.17, 15) is 10.2 Å². The number of fused-ring (bicyclic) bond motifs is 5. The van der Waals surface area contributed by atoms with E-state index in [0.717, 1.165) is 37.9 Å². The summed E-state index contributed by atoms with van der Waals surface area (Å²) in [5.74, 6) is 0.505. The predicted octanol–water partition coefficient (Wildman–Crippen LogP) is 6.09. The monoisotopic (exact) mass is 445 g/mol. The maximum atomic E-state index is 10.4. The van der Waals surface area contributed by atoms with Crippen LogP contribution in [0.1, 0.15) is 0 Å². The molecule has 6 nitrogen and oxygen atoms in total. The van der Waals surface area contributed by atoms with Gasteiger partial charge in [-0.3, -0.25) is 0 Å². The molecular formula is C28H19N3O3. The molecule has 0 aliphatic heterocycles. The van der Waals surface area contributed by atoms with Crippen LogP contribution < -0.4 is 4.74 Å². The highest BCUT2D eigenvalue weighted by Gasteiger charge is 2.17. The minimum absolute atomic E-state index is 0.0464. The number of ether oxygens (including phenoxy) is 1. The number of aromatic hydroxyl groups is 2. The van der Waals surface area contributed by atoms with Gasteiger partial charge < -0.3 is 14.9 Å². The zero-order chi connectivity index (χ0) is 23.2. The highest BCUT2D eigenvalue weighted by Crippen LogP contribution is 2.38. The third kappa shape index (κ3) is 3.16. The molecule has 0 radical (unpaired) electrons. The molecule has 0 spiro atoms. The third-order valence-corrected chi connectivity index (χ3v) is 6.03. The van der Waals surface area contributed by atoms with Gasteiger partial charge in [-0.1, -0.05) is 60.7 Å². The van der Waals surface area contributed by atoms with Crippen molar-refractivity contribution in [3.05, 3.63) is 84.9 Å². The van der Waals surface area contributed by atoms with E-state index < -0.39 is 0 Å². The number of hydrogen-bond donors (Lipinski definition) is 2. The van der Waals surface area contributed by atoms with Crippen LogP contribution in [0.15, 0.2) is 84.9 Å². The fourth-order valence-electron chi connectivity index (χ4n) is 4.44. The summed E-state index contributed by atoms with van der Waals surface area (Å²) in [5, 5.41) is 26.7. The van der Waals surface area contributed by atoms with E-state index in [2.05, 4.69) is 46.4 Å². The average molecular weight is 445 g/mol. The Kier molecular flexibility index (Phi) is 4.52. The molecule has 164 valence electrons. The molecule has 0 unspecified atom stereocenters. The van der Waals surface area contributed by atoms with Crippen molar-refractivity contribution in [2.24, 2.45) is 0 Å². The van der Waals surface area contributed by atoms with Crippen LogP contribution in [-0.2, 0) is 0 Å². The lowest BCUT2D eigenvalue weighted by Crippen LogP contribution is -2.01. The molecule has 6 rings (SSSR count). The topological polar surface area (TPSA) is 88.4 Å². The Balaban J connectivity index is 1.69. The van der Waals surface area contributed by atoms with E-state index >= 15 is 0 Å². The zero-order valence-corrected chi connectivity index (χ0v) is 18.2. The molecule has 6 aromatic rings. The number of aromatic nitrogens is 3. The number of methoxy groups -OCH3 is 1. The van der Waals surface area contributed by atoms with Crippen molar-refractivity contribution in [3.63, 3.8) is 0 Å². The molecule has 0 saturated carbocycles. The average Bonchev–Trinajstić information content (AvgIpc) is 2.87. The normalized spacial score (nSPS) is 11.3. The van der Waals surface area contributed by atoms with Crippen molar-refractivity contribution in [1.29, 1.82) is 0 Å². The number of rotatable bonds is 3. The second-order valence-corrected chi connectivity index (χ2v) is 8.02. The largest absolute Gasteiger partial charge is 0.508 e. The van der Waals surface area contributed by atoms with Crippen LogP contribution in [0.3, 0.4) is 0 Å². The van der Waals surface area contributed by atoms with E-state index in [0.29, 0.717) is 11.4 Å². The molecule has 34 heavy (non-hydrogen) atoms. The molecule has 0 bridgehead atoms. The van der Waals surface area contributed by atoms with Crippen molar-refractivity contribution in [2.45, 2.75) is 0 Å². The molecule has 1 heterocycles. The first-order valence-electron chi connectivity index (χ1n) is 10.8. The maximum absolute atomic E-state index is 10.4. The first kappa shape index (κ1) is 19.9. The molecular weight excluding hydrogens is 426 g/mol. The number of benzene rings is 5. The van der Waals surface area contributed by atoms with Gasteiger partial charge in [-0.05, 0) is 50.5 Å². The highest BCUT2D eigenvalue weighted by atomic mass is 16.5.